The molecule has 3 aromatic rings. The SMILES string of the molecule is CCOc1cc(C=NNC(=O)Nc2ccccc2C)c(Br)cc1OCc1ccccc1C#N. The number of amides is 2. The molecule has 0 unspecified atom stereocenters. The number of rotatable bonds is 8. The number of halogens is 1. The van der Waals surface area contributed by atoms with E-state index in [1.54, 1.807) is 18.2 Å². The molecule has 2 N–H and O–H groups in total. The first-order valence-corrected chi connectivity index (χ1v) is 11.0. The lowest BCUT2D eigenvalue weighted by atomic mass is 10.1. The van der Waals surface area contributed by atoms with E-state index in [2.05, 4.69) is 37.8 Å². The van der Waals surface area contributed by atoms with Gasteiger partial charge in [-0.15, -0.1) is 0 Å². The van der Waals surface area contributed by atoms with Gasteiger partial charge in [-0.2, -0.15) is 10.4 Å². The fourth-order valence-corrected chi connectivity index (χ4v) is 3.39. The summed E-state index contributed by atoms with van der Waals surface area (Å²) in [6, 6.07) is 20.0. The van der Waals surface area contributed by atoms with Gasteiger partial charge in [-0.3, -0.25) is 0 Å². The van der Waals surface area contributed by atoms with Gasteiger partial charge in [0, 0.05) is 21.3 Å². The summed E-state index contributed by atoms with van der Waals surface area (Å²) in [6.45, 7) is 4.46. The van der Waals surface area contributed by atoms with Crippen molar-refractivity contribution in [1.29, 1.82) is 5.26 Å². The number of carbonyl (C=O) groups is 1. The summed E-state index contributed by atoms with van der Waals surface area (Å²) in [5.41, 5.74) is 6.16. The van der Waals surface area contributed by atoms with Crippen LogP contribution in [0, 0.1) is 18.3 Å². The second-order valence-corrected chi connectivity index (χ2v) is 7.80. The lowest BCUT2D eigenvalue weighted by Gasteiger charge is -2.14. The summed E-state index contributed by atoms with van der Waals surface area (Å²) in [5.74, 6) is 1.06. The van der Waals surface area contributed by atoms with Gasteiger partial charge in [-0.25, -0.2) is 10.2 Å². The highest BCUT2D eigenvalue weighted by molar-refractivity contribution is 9.10. The number of urea groups is 1. The highest BCUT2D eigenvalue weighted by Crippen LogP contribution is 2.34. The fourth-order valence-electron chi connectivity index (χ4n) is 2.97. The zero-order chi connectivity index (χ0) is 23.6. The number of hydrazone groups is 1. The topological polar surface area (TPSA) is 95.7 Å². The molecule has 2 amide bonds. The molecule has 7 nitrogen and oxygen atoms in total. The van der Waals surface area contributed by atoms with Gasteiger partial charge >= 0.3 is 6.03 Å². The molecule has 0 bridgehead atoms. The summed E-state index contributed by atoms with van der Waals surface area (Å²) < 4.78 is 12.4. The molecule has 0 radical (unpaired) electrons. The summed E-state index contributed by atoms with van der Waals surface area (Å²) in [6.07, 6.45) is 1.51. The van der Waals surface area contributed by atoms with Crippen molar-refractivity contribution >= 4 is 33.9 Å². The van der Waals surface area contributed by atoms with Crippen molar-refractivity contribution in [2.24, 2.45) is 5.10 Å². The van der Waals surface area contributed by atoms with E-state index in [4.69, 9.17) is 9.47 Å². The minimum absolute atomic E-state index is 0.227. The van der Waals surface area contributed by atoms with Gasteiger partial charge in [-0.1, -0.05) is 36.4 Å². The van der Waals surface area contributed by atoms with E-state index in [9.17, 15) is 10.1 Å². The Kier molecular flexibility index (Phi) is 8.44. The Morgan fingerprint density at radius 1 is 1.12 bits per heavy atom. The Bertz CT molecular complexity index is 1200. The molecular formula is C25H23BrN4O3. The molecular weight excluding hydrogens is 484 g/mol. The smallest absolute Gasteiger partial charge is 0.339 e. The molecule has 0 fully saturated rings. The maximum absolute atomic E-state index is 12.1. The fraction of sp³-hybridized carbons (Fsp3) is 0.160. The van der Waals surface area contributed by atoms with Crippen molar-refractivity contribution in [3.63, 3.8) is 0 Å². The van der Waals surface area contributed by atoms with Gasteiger partial charge in [-0.05, 0) is 59.6 Å². The molecule has 0 aliphatic rings. The molecule has 3 rings (SSSR count). The molecule has 33 heavy (non-hydrogen) atoms. The van der Waals surface area contributed by atoms with Crippen LogP contribution in [0.25, 0.3) is 0 Å². The minimum atomic E-state index is -0.446. The number of nitriles is 1. The molecule has 3 aromatic carbocycles. The number of hydrogen-bond donors (Lipinski definition) is 2. The first-order chi connectivity index (χ1) is 16.0. The van der Waals surface area contributed by atoms with Crippen LogP contribution in [0.3, 0.4) is 0 Å². The third kappa shape index (κ3) is 6.57. The molecule has 0 aromatic heterocycles. The number of hydrogen-bond acceptors (Lipinski definition) is 5. The maximum atomic E-state index is 12.1. The second-order valence-electron chi connectivity index (χ2n) is 6.95. The van der Waals surface area contributed by atoms with Crippen molar-refractivity contribution in [3.8, 4) is 17.6 Å². The Labute approximate surface area is 201 Å². The van der Waals surface area contributed by atoms with Crippen LogP contribution in [0.4, 0.5) is 10.5 Å². The molecule has 168 valence electrons. The molecule has 0 saturated heterocycles. The summed E-state index contributed by atoms with van der Waals surface area (Å²) in [5, 5.41) is 16.0. The highest BCUT2D eigenvalue weighted by Gasteiger charge is 2.12. The van der Waals surface area contributed by atoms with Crippen LogP contribution in [0.2, 0.25) is 0 Å². The number of anilines is 1. The first-order valence-electron chi connectivity index (χ1n) is 10.2. The number of nitrogens with zero attached hydrogens (tertiary/aromatic N) is 2. The first kappa shape index (κ1) is 23.8. The lowest BCUT2D eigenvalue weighted by Crippen LogP contribution is -2.24. The predicted octanol–water partition coefficient (Wildman–Crippen LogP) is 5.76. The summed E-state index contributed by atoms with van der Waals surface area (Å²) in [4.78, 5) is 12.1. The molecule has 0 spiro atoms. The number of para-hydroxylation sites is 1. The van der Waals surface area contributed by atoms with Crippen LogP contribution < -0.4 is 20.2 Å². The number of carbonyl (C=O) groups excluding carboxylic acids is 1. The zero-order valence-corrected chi connectivity index (χ0v) is 19.8. The Hall–Kier alpha value is -3.83. The van der Waals surface area contributed by atoms with Crippen LogP contribution in [-0.2, 0) is 6.61 Å². The summed E-state index contributed by atoms with van der Waals surface area (Å²) in [7, 11) is 0. The molecule has 8 heteroatoms. The van der Waals surface area contributed by atoms with Gasteiger partial charge in [0.15, 0.2) is 11.5 Å². The monoisotopic (exact) mass is 506 g/mol. The predicted molar refractivity (Wildman–Crippen MR) is 132 cm³/mol. The third-order valence-corrected chi connectivity index (χ3v) is 5.33. The van der Waals surface area contributed by atoms with E-state index >= 15 is 0 Å². The standard InChI is InChI=1S/C25H23BrN4O3/c1-3-32-23-12-20(15-28-30-25(31)29-22-11-7-4-8-17(22)2)21(26)13-24(23)33-16-19-10-6-5-9-18(19)14-27/h4-13,15H,3,16H2,1-2H3,(H2,29,30,31). The van der Waals surface area contributed by atoms with E-state index in [0.717, 1.165) is 11.1 Å². The lowest BCUT2D eigenvalue weighted by molar-refractivity contribution is 0.252. The molecule has 0 aliphatic carbocycles. The van der Waals surface area contributed by atoms with E-state index < -0.39 is 6.03 Å². The Morgan fingerprint density at radius 3 is 2.61 bits per heavy atom. The molecule has 0 saturated carbocycles. The molecule has 0 aliphatic heterocycles. The van der Waals surface area contributed by atoms with Crippen molar-refractivity contribution in [3.05, 3.63) is 87.4 Å². The maximum Gasteiger partial charge on any atom is 0.339 e. The van der Waals surface area contributed by atoms with Crippen LogP contribution >= 0.6 is 15.9 Å². The van der Waals surface area contributed by atoms with Gasteiger partial charge in [0.2, 0.25) is 0 Å². The normalized spacial score (nSPS) is 10.5. The van der Waals surface area contributed by atoms with Crippen molar-refractivity contribution in [2.75, 3.05) is 11.9 Å². The number of nitrogens with one attached hydrogen (secondary N) is 2. The average molecular weight is 507 g/mol. The number of ether oxygens (including phenoxy) is 2. The second kappa shape index (κ2) is 11.7. The quantitative estimate of drug-likeness (QED) is 0.299. The van der Waals surface area contributed by atoms with Crippen LogP contribution in [-0.4, -0.2) is 18.9 Å². The largest absolute Gasteiger partial charge is 0.490 e. The van der Waals surface area contributed by atoms with Gasteiger partial charge in [0.25, 0.3) is 0 Å². The molecule has 0 heterocycles. The minimum Gasteiger partial charge on any atom is -0.490 e. The van der Waals surface area contributed by atoms with E-state index in [-0.39, 0.29) is 6.61 Å². The van der Waals surface area contributed by atoms with Crippen molar-refractivity contribution in [2.45, 2.75) is 20.5 Å². The van der Waals surface area contributed by atoms with Gasteiger partial charge < -0.3 is 14.8 Å². The third-order valence-electron chi connectivity index (χ3n) is 4.65. The van der Waals surface area contributed by atoms with E-state index in [1.165, 1.54) is 6.21 Å². The van der Waals surface area contributed by atoms with E-state index in [0.29, 0.717) is 39.4 Å². The van der Waals surface area contributed by atoms with Crippen LogP contribution in [0.15, 0.2) is 70.2 Å². The van der Waals surface area contributed by atoms with Crippen LogP contribution in [0.5, 0.6) is 11.5 Å². The summed E-state index contributed by atoms with van der Waals surface area (Å²) >= 11 is 3.51. The highest BCUT2D eigenvalue weighted by atomic mass is 79.9. The van der Waals surface area contributed by atoms with Gasteiger partial charge in [0.05, 0.1) is 24.5 Å². The van der Waals surface area contributed by atoms with E-state index in [1.807, 2.05) is 56.3 Å². The number of aryl methyl sites for hydroxylation is 1. The van der Waals surface area contributed by atoms with Crippen molar-refractivity contribution < 1.29 is 14.3 Å². The Balaban J connectivity index is 1.70. The van der Waals surface area contributed by atoms with Gasteiger partial charge in [0.1, 0.15) is 6.61 Å². The van der Waals surface area contributed by atoms with Crippen LogP contribution in [0.1, 0.15) is 29.2 Å². The number of benzene rings is 3. The molecule has 0 atom stereocenters. The zero-order valence-electron chi connectivity index (χ0n) is 18.3. The Morgan fingerprint density at radius 2 is 1.85 bits per heavy atom. The van der Waals surface area contributed by atoms with Crippen molar-refractivity contribution in [1.82, 2.24) is 5.43 Å². The average Bonchev–Trinajstić information content (AvgIpc) is 2.81.